The van der Waals surface area contributed by atoms with E-state index in [9.17, 15) is 4.79 Å². The Hall–Kier alpha value is -0.330. The zero-order valence-electron chi connectivity index (χ0n) is 8.81. The van der Waals surface area contributed by atoms with Crippen LogP contribution in [0.1, 0.15) is 52.4 Å². The standard InChI is InChI=1S/C12H20O/c1-3-4-9-7-10-11(13)5-6-12(10,2)8-9/h9-10H,3-8H2,1-2H3. The van der Waals surface area contributed by atoms with E-state index >= 15 is 0 Å². The van der Waals surface area contributed by atoms with Gasteiger partial charge in [0.15, 0.2) is 0 Å². The number of carbonyl (C=O) groups is 1. The average Bonchev–Trinajstić information content (AvgIpc) is 2.51. The van der Waals surface area contributed by atoms with Crippen LogP contribution in [0.25, 0.3) is 0 Å². The van der Waals surface area contributed by atoms with Gasteiger partial charge in [-0.05, 0) is 30.6 Å². The number of rotatable bonds is 2. The lowest BCUT2D eigenvalue weighted by Gasteiger charge is -2.21. The largest absolute Gasteiger partial charge is 0.299 e. The highest BCUT2D eigenvalue weighted by molar-refractivity contribution is 5.84. The molecule has 2 fully saturated rings. The second-order valence-electron chi connectivity index (χ2n) is 5.27. The molecule has 2 saturated carbocycles. The minimum Gasteiger partial charge on any atom is -0.299 e. The van der Waals surface area contributed by atoms with Crippen LogP contribution in [0.15, 0.2) is 0 Å². The molecule has 0 aromatic heterocycles. The summed E-state index contributed by atoms with van der Waals surface area (Å²) in [7, 11) is 0. The van der Waals surface area contributed by atoms with Gasteiger partial charge in [-0.15, -0.1) is 0 Å². The quantitative estimate of drug-likeness (QED) is 0.638. The van der Waals surface area contributed by atoms with Gasteiger partial charge in [0.25, 0.3) is 0 Å². The predicted molar refractivity (Wildman–Crippen MR) is 53.5 cm³/mol. The molecule has 0 aliphatic heterocycles. The first-order valence-electron chi connectivity index (χ1n) is 5.68. The maximum Gasteiger partial charge on any atom is 0.136 e. The van der Waals surface area contributed by atoms with Crippen molar-refractivity contribution in [1.82, 2.24) is 0 Å². The van der Waals surface area contributed by atoms with Gasteiger partial charge < -0.3 is 0 Å². The van der Waals surface area contributed by atoms with Gasteiger partial charge in [0, 0.05) is 12.3 Å². The SMILES string of the molecule is CCCC1CC2C(=O)CCC2(C)C1. The van der Waals surface area contributed by atoms with Gasteiger partial charge >= 0.3 is 0 Å². The highest BCUT2D eigenvalue weighted by Crippen LogP contribution is 2.55. The highest BCUT2D eigenvalue weighted by atomic mass is 16.1. The lowest BCUT2D eigenvalue weighted by Crippen LogP contribution is -2.18. The third kappa shape index (κ3) is 1.43. The summed E-state index contributed by atoms with van der Waals surface area (Å²) >= 11 is 0. The summed E-state index contributed by atoms with van der Waals surface area (Å²) in [5.41, 5.74) is 0.400. The molecule has 0 amide bonds. The van der Waals surface area contributed by atoms with E-state index in [0.29, 0.717) is 17.1 Å². The fraction of sp³-hybridized carbons (Fsp3) is 0.917. The molecule has 0 radical (unpaired) electrons. The molecule has 2 aliphatic carbocycles. The Morgan fingerprint density at radius 2 is 2.31 bits per heavy atom. The Kier molecular flexibility index (Phi) is 2.21. The fourth-order valence-corrected chi connectivity index (χ4v) is 3.51. The van der Waals surface area contributed by atoms with Crippen molar-refractivity contribution in [3.8, 4) is 0 Å². The second-order valence-corrected chi connectivity index (χ2v) is 5.27. The molecule has 2 rings (SSSR count). The van der Waals surface area contributed by atoms with Crippen molar-refractivity contribution < 1.29 is 4.79 Å². The van der Waals surface area contributed by atoms with Crippen molar-refractivity contribution >= 4 is 5.78 Å². The van der Waals surface area contributed by atoms with E-state index in [2.05, 4.69) is 13.8 Å². The van der Waals surface area contributed by atoms with Crippen LogP contribution in [0.2, 0.25) is 0 Å². The zero-order valence-corrected chi connectivity index (χ0v) is 8.81. The number of Topliss-reactive ketones (excluding diaryl/α,β-unsaturated/α-hetero) is 1. The maximum absolute atomic E-state index is 11.6. The summed E-state index contributed by atoms with van der Waals surface area (Å²) in [6.45, 7) is 4.58. The predicted octanol–water partition coefficient (Wildman–Crippen LogP) is 3.18. The molecule has 0 bridgehead atoms. The van der Waals surface area contributed by atoms with Crippen LogP contribution in [0.3, 0.4) is 0 Å². The molecule has 0 aromatic carbocycles. The van der Waals surface area contributed by atoms with Crippen LogP contribution in [0.5, 0.6) is 0 Å². The Labute approximate surface area is 80.9 Å². The second kappa shape index (κ2) is 3.11. The molecule has 2 aliphatic rings. The molecular weight excluding hydrogens is 160 g/mol. The lowest BCUT2D eigenvalue weighted by atomic mass is 9.82. The molecular formula is C12H20O. The fourth-order valence-electron chi connectivity index (χ4n) is 3.51. The van der Waals surface area contributed by atoms with E-state index in [0.717, 1.165) is 18.8 Å². The number of ketones is 1. The number of carbonyl (C=O) groups excluding carboxylic acids is 1. The van der Waals surface area contributed by atoms with Crippen LogP contribution in [0.4, 0.5) is 0 Å². The zero-order chi connectivity index (χ0) is 9.47. The minimum atomic E-state index is 0.400. The van der Waals surface area contributed by atoms with E-state index < -0.39 is 0 Å². The van der Waals surface area contributed by atoms with Gasteiger partial charge in [-0.2, -0.15) is 0 Å². The average molecular weight is 180 g/mol. The van der Waals surface area contributed by atoms with Crippen LogP contribution in [0, 0.1) is 17.3 Å². The van der Waals surface area contributed by atoms with Crippen LogP contribution < -0.4 is 0 Å². The first-order valence-corrected chi connectivity index (χ1v) is 5.68. The first kappa shape index (κ1) is 9.23. The van der Waals surface area contributed by atoms with Gasteiger partial charge in [-0.1, -0.05) is 26.7 Å². The lowest BCUT2D eigenvalue weighted by molar-refractivity contribution is -0.121. The van der Waals surface area contributed by atoms with Crippen molar-refractivity contribution in [2.75, 3.05) is 0 Å². The van der Waals surface area contributed by atoms with Crippen molar-refractivity contribution in [2.24, 2.45) is 17.3 Å². The Morgan fingerprint density at radius 1 is 1.54 bits per heavy atom. The summed E-state index contributed by atoms with van der Waals surface area (Å²) in [5.74, 6) is 1.84. The molecule has 1 nitrogen and oxygen atoms in total. The van der Waals surface area contributed by atoms with Crippen LogP contribution in [-0.2, 0) is 4.79 Å². The summed E-state index contributed by atoms with van der Waals surface area (Å²) in [5, 5.41) is 0. The van der Waals surface area contributed by atoms with Gasteiger partial charge in [0.2, 0.25) is 0 Å². The molecule has 0 heterocycles. The summed E-state index contributed by atoms with van der Waals surface area (Å²) in [6, 6.07) is 0. The molecule has 0 saturated heterocycles. The van der Waals surface area contributed by atoms with E-state index in [1.807, 2.05) is 0 Å². The summed E-state index contributed by atoms with van der Waals surface area (Å²) < 4.78 is 0. The maximum atomic E-state index is 11.6. The topological polar surface area (TPSA) is 17.1 Å². The van der Waals surface area contributed by atoms with Crippen molar-refractivity contribution in [3.05, 3.63) is 0 Å². The molecule has 3 atom stereocenters. The van der Waals surface area contributed by atoms with E-state index in [-0.39, 0.29) is 0 Å². The number of hydrogen-bond donors (Lipinski definition) is 0. The first-order chi connectivity index (χ1) is 6.15. The molecule has 0 spiro atoms. The molecule has 0 aromatic rings. The van der Waals surface area contributed by atoms with Crippen molar-refractivity contribution in [3.63, 3.8) is 0 Å². The Morgan fingerprint density at radius 3 is 2.92 bits per heavy atom. The summed E-state index contributed by atoms with van der Waals surface area (Å²) in [6.07, 6.45) is 7.15. The molecule has 3 unspecified atom stereocenters. The molecule has 1 heteroatoms. The van der Waals surface area contributed by atoms with Gasteiger partial charge in [-0.25, -0.2) is 0 Å². The van der Waals surface area contributed by atoms with Gasteiger partial charge in [0.05, 0.1) is 0 Å². The van der Waals surface area contributed by atoms with Crippen molar-refractivity contribution in [1.29, 1.82) is 0 Å². The third-order valence-electron chi connectivity index (χ3n) is 4.19. The molecule has 13 heavy (non-hydrogen) atoms. The van der Waals surface area contributed by atoms with Crippen LogP contribution >= 0.6 is 0 Å². The normalized spacial score (nSPS) is 44.0. The monoisotopic (exact) mass is 180 g/mol. The van der Waals surface area contributed by atoms with Crippen molar-refractivity contribution in [2.45, 2.75) is 52.4 Å². The smallest absolute Gasteiger partial charge is 0.136 e. The number of fused-ring (bicyclic) bond motifs is 1. The van der Waals surface area contributed by atoms with Gasteiger partial charge in [-0.3, -0.25) is 4.79 Å². The van der Waals surface area contributed by atoms with E-state index in [1.165, 1.54) is 25.7 Å². The van der Waals surface area contributed by atoms with E-state index in [1.54, 1.807) is 0 Å². The third-order valence-corrected chi connectivity index (χ3v) is 4.19. The van der Waals surface area contributed by atoms with E-state index in [4.69, 9.17) is 0 Å². The highest BCUT2D eigenvalue weighted by Gasteiger charge is 2.50. The number of hydrogen-bond acceptors (Lipinski definition) is 1. The minimum absolute atomic E-state index is 0.400. The molecule has 0 N–H and O–H groups in total. The Bertz CT molecular complexity index is 221. The summed E-state index contributed by atoms with van der Waals surface area (Å²) in [4.78, 5) is 11.6. The van der Waals surface area contributed by atoms with Crippen LogP contribution in [-0.4, -0.2) is 5.78 Å². The molecule has 74 valence electrons. The Balaban J connectivity index is 2.06. The van der Waals surface area contributed by atoms with Gasteiger partial charge in [0.1, 0.15) is 5.78 Å².